The molecule has 4 aliphatic heterocycles. The predicted octanol–water partition coefficient (Wildman–Crippen LogP) is 5.36. The highest BCUT2D eigenvalue weighted by Gasteiger charge is 2.37. The van der Waals surface area contributed by atoms with Gasteiger partial charge in [-0.1, -0.05) is 18.2 Å². The van der Waals surface area contributed by atoms with E-state index in [1.165, 1.54) is 12.8 Å². The van der Waals surface area contributed by atoms with Gasteiger partial charge in [0, 0.05) is 37.8 Å². The summed E-state index contributed by atoms with van der Waals surface area (Å²) >= 11 is 0. The zero-order valence-corrected chi connectivity index (χ0v) is 27.1. The average Bonchev–Trinajstić information content (AvgIpc) is 3.50. The number of anilines is 1. The van der Waals surface area contributed by atoms with Gasteiger partial charge in [0.25, 0.3) is 5.91 Å². The van der Waals surface area contributed by atoms with Crippen molar-refractivity contribution < 1.29 is 19.4 Å². The van der Waals surface area contributed by atoms with E-state index in [-0.39, 0.29) is 6.04 Å². The number of primary amides is 1. The molecule has 2 amide bonds. The lowest BCUT2D eigenvalue weighted by atomic mass is 9.85. The van der Waals surface area contributed by atoms with Gasteiger partial charge >= 0.3 is 6.09 Å². The fourth-order valence-corrected chi connectivity index (χ4v) is 8.29. The summed E-state index contributed by atoms with van der Waals surface area (Å²) in [6.45, 7) is 7.71. The lowest BCUT2D eigenvalue weighted by molar-refractivity contribution is 0.0546. The fourth-order valence-electron chi connectivity index (χ4n) is 8.29. The quantitative estimate of drug-likeness (QED) is 0.300. The van der Waals surface area contributed by atoms with Gasteiger partial charge in [0.2, 0.25) is 0 Å². The van der Waals surface area contributed by atoms with Gasteiger partial charge < -0.3 is 35.6 Å². The van der Waals surface area contributed by atoms with Crippen molar-refractivity contribution in [1.29, 1.82) is 0 Å². The molecule has 3 fully saturated rings. The summed E-state index contributed by atoms with van der Waals surface area (Å²) < 4.78 is 8.03. The molecule has 1 aromatic heterocycles. The largest absolute Gasteiger partial charge is 0.465 e. The number of hydrogen-bond acceptors (Lipinski definition) is 7. The molecule has 11 nitrogen and oxygen atoms in total. The van der Waals surface area contributed by atoms with Crippen LogP contribution in [0.3, 0.4) is 0 Å². The Hall–Kier alpha value is -4.09. The van der Waals surface area contributed by atoms with Gasteiger partial charge in [0.1, 0.15) is 28.6 Å². The molecule has 0 radical (unpaired) electrons. The molecule has 3 aromatic rings. The summed E-state index contributed by atoms with van der Waals surface area (Å²) in [5.41, 5.74) is 7.89. The first-order valence-electron chi connectivity index (χ1n) is 17.4. The minimum absolute atomic E-state index is 0.232. The SMILES string of the molecule is NC(=O)c1c(-c2ccc(Oc3ccccc3)cc2)nn2c1NCC[C@H]2C1CCN(C2CCN(CC3CCN(C(=O)O)CC3)CC2)CC1. The van der Waals surface area contributed by atoms with Gasteiger partial charge in [-0.2, -0.15) is 5.10 Å². The van der Waals surface area contributed by atoms with Gasteiger partial charge in [-0.25, -0.2) is 9.48 Å². The third kappa shape index (κ3) is 6.96. The van der Waals surface area contributed by atoms with Crippen LogP contribution in [-0.4, -0.2) is 100.0 Å². The molecular formula is C36H47N7O4. The standard InChI is InChI=1S/C36H47N7O4/c37-34(44)32-33(27-6-8-30(9-7-27)47-29-4-2-1-3-5-29)39-43-31(10-17-38-35(32)43)26-13-22-41(23-14-26)28-15-18-40(19-16-28)24-25-11-20-42(21-12-25)36(45)46/h1-9,25-26,28,31,38H,10-24H2,(H2,37,44)(H,45,46)/t31-/m0/s1. The number of piperidine rings is 3. The van der Waals surface area contributed by atoms with Crippen molar-refractivity contribution in [2.45, 2.75) is 57.0 Å². The monoisotopic (exact) mass is 641 g/mol. The number of ether oxygens (including phenoxy) is 1. The first-order valence-corrected chi connectivity index (χ1v) is 17.4. The fraction of sp³-hybridized carbons (Fsp3) is 0.528. The molecule has 4 N–H and O–H groups in total. The summed E-state index contributed by atoms with van der Waals surface area (Å²) in [5.74, 6) is 2.88. The van der Waals surface area contributed by atoms with E-state index in [1.54, 1.807) is 4.90 Å². The van der Waals surface area contributed by atoms with Crippen molar-refractivity contribution in [2.75, 3.05) is 57.7 Å². The number of aromatic nitrogens is 2. The highest BCUT2D eigenvalue weighted by molar-refractivity contribution is 6.03. The van der Waals surface area contributed by atoms with Crippen LogP contribution in [0.15, 0.2) is 54.6 Å². The maximum absolute atomic E-state index is 12.8. The number of nitrogens with one attached hydrogen (secondary N) is 1. The van der Waals surface area contributed by atoms with Crippen LogP contribution in [0.1, 0.15) is 61.3 Å². The van der Waals surface area contributed by atoms with Crippen molar-refractivity contribution in [3.63, 3.8) is 0 Å². The van der Waals surface area contributed by atoms with E-state index < -0.39 is 12.0 Å². The molecule has 7 rings (SSSR count). The summed E-state index contributed by atoms with van der Waals surface area (Å²) in [6, 6.07) is 18.2. The minimum Gasteiger partial charge on any atom is -0.465 e. The summed E-state index contributed by atoms with van der Waals surface area (Å²) in [5, 5.41) is 17.7. The van der Waals surface area contributed by atoms with Crippen molar-refractivity contribution in [3.05, 3.63) is 60.2 Å². The van der Waals surface area contributed by atoms with Crippen LogP contribution < -0.4 is 15.8 Å². The van der Waals surface area contributed by atoms with Crippen molar-refractivity contribution in [1.82, 2.24) is 24.5 Å². The number of fused-ring (bicyclic) bond motifs is 1. The van der Waals surface area contributed by atoms with E-state index >= 15 is 0 Å². The second-order valence-corrected chi connectivity index (χ2v) is 13.7. The number of hydrogen-bond donors (Lipinski definition) is 3. The number of rotatable bonds is 8. The van der Waals surface area contributed by atoms with Crippen LogP contribution in [0.5, 0.6) is 11.5 Å². The molecule has 3 saturated heterocycles. The van der Waals surface area contributed by atoms with E-state index in [0.717, 1.165) is 94.3 Å². The van der Waals surface area contributed by atoms with Crippen LogP contribution in [-0.2, 0) is 0 Å². The maximum atomic E-state index is 12.8. The first-order chi connectivity index (χ1) is 22.9. The molecule has 1 atom stereocenters. The van der Waals surface area contributed by atoms with E-state index in [1.807, 2.05) is 54.6 Å². The number of carbonyl (C=O) groups excluding carboxylic acids is 1. The third-order valence-electron chi connectivity index (χ3n) is 10.9. The van der Waals surface area contributed by atoms with E-state index in [2.05, 4.69) is 19.8 Å². The number of benzene rings is 2. The Kier molecular flexibility index (Phi) is 9.35. The summed E-state index contributed by atoms with van der Waals surface area (Å²) in [6.07, 6.45) is 6.81. The second kappa shape index (κ2) is 13.9. The number of likely N-dealkylation sites (tertiary alicyclic amines) is 3. The Labute approximate surface area is 276 Å². The number of para-hydroxylation sites is 1. The molecule has 0 aliphatic carbocycles. The van der Waals surface area contributed by atoms with Gasteiger partial charge in [-0.15, -0.1) is 0 Å². The Morgan fingerprint density at radius 2 is 1.53 bits per heavy atom. The van der Waals surface area contributed by atoms with E-state index in [4.69, 9.17) is 15.6 Å². The molecular weight excluding hydrogens is 594 g/mol. The number of nitrogens with zero attached hydrogens (tertiary/aromatic N) is 5. The van der Waals surface area contributed by atoms with Gasteiger partial charge in [0.05, 0.1) is 6.04 Å². The van der Waals surface area contributed by atoms with E-state index in [0.29, 0.717) is 42.2 Å². The molecule has 0 unspecified atom stereocenters. The molecule has 11 heteroatoms. The summed E-state index contributed by atoms with van der Waals surface area (Å²) in [7, 11) is 0. The minimum atomic E-state index is -0.783. The topological polar surface area (TPSA) is 129 Å². The zero-order valence-electron chi connectivity index (χ0n) is 27.1. The molecule has 47 heavy (non-hydrogen) atoms. The van der Waals surface area contributed by atoms with Crippen molar-refractivity contribution in [2.24, 2.45) is 17.6 Å². The normalized spacial score (nSPS) is 22.0. The number of amides is 2. The number of carbonyl (C=O) groups is 2. The lowest BCUT2D eigenvalue weighted by Crippen LogP contribution is -2.49. The Morgan fingerprint density at radius 1 is 0.851 bits per heavy atom. The molecule has 5 heterocycles. The zero-order chi connectivity index (χ0) is 32.3. The molecule has 4 aliphatic rings. The van der Waals surface area contributed by atoms with Crippen molar-refractivity contribution in [3.8, 4) is 22.8 Å². The second-order valence-electron chi connectivity index (χ2n) is 13.7. The molecule has 0 bridgehead atoms. The molecule has 0 saturated carbocycles. The van der Waals surface area contributed by atoms with E-state index in [9.17, 15) is 14.7 Å². The Morgan fingerprint density at radius 3 is 2.19 bits per heavy atom. The number of carboxylic acid groups (broad SMARTS) is 1. The Bertz CT molecular complexity index is 1520. The lowest BCUT2D eigenvalue weighted by Gasteiger charge is -2.44. The smallest absolute Gasteiger partial charge is 0.407 e. The third-order valence-corrected chi connectivity index (χ3v) is 10.9. The predicted molar refractivity (Wildman–Crippen MR) is 181 cm³/mol. The maximum Gasteiger partial charge on any atom is 0.407 e. The van der Waals surface area contributed by atoms with Gasteiger partial charge in [-0.3, -0.25) is 4.79 Å². The van der Waals surface area contributed by atoms with Gasteiger partial charge in [0.15, 0.2) is 0 Å². The molecule has 0 spiro atoms. The Balaban J connectivity index is 0.955. The van der Waals surface area contributed by atoms with Crippen LogP contribution in [0, 0.1) is 11.8 Å². The highest BCUT2D eigenvalue weighted by Crippen LogP contribution is 2.41. The molecule has 250 valence electrons. The molecule has 2 aromatic carbocycles. The first kappa shape index (κ1) is 31.5. The average molecular weight is 642 g/mol. The van der Waals surface area contributed by atoms with Crippen LogP contribution in [0.25, 0.3) is 11.3 Å². The van der Waals surface area contributed by atoms with Crippen LogP contribution in [0.4, 0.5) is 10.6 Å². The summed E-state index contributed by atoms with van der Waals surface area (Å²) in [4.78, 5) is 30.9. The van der Waals surface area contributed by atoms with Crippen molar-refractivity contribution >= 4 is 17.8 Å². The van der Waals surface area contributed by atoms with Gasteiger partial charge in [-0.05, 0) is 119 Å². The highest BCUT2D eigenvalue weighted by atomic mass is 16.5. The van der Waals surface area contributed by atoms with Crippen LogP contribution >= 0.6 is 0 Å². The number of nitrogens with two attached hydrogens (primary N) is 1. The van der Waals surface area contributed by atoms with Crippen LogP contribution in [0.2, 0.25) is 0 Å².